The minimum Gasteiger partial charge on any atom is -0.481 e. The van der Waals surface area contributed by atoms with Crippen molar-refractivity contribution >= 4 is 17.7 Å². The number of nitrogens with one attached hydrogen (secondary N) is 2. The number of rotatable bonds is 7. The maximum Gasteiger partial charge on any atom is 0.319 e. The van der Waals surface area contributed by atoms with Crippen LogP contribution in [0.2, 0.25) is 0 Å². The highest BCUT2D eigenvalue weighted by Gasteiger charge is 2.25. The van der Waals surface area contributed by atoms with Gasteiger partial charge in [0.2, 0.25) is 0 Å². The molecular weight excluding hydrogens is 268 g/mol. The van der Waals surface area contributed by atoms with Crippen LogP contribution in [0.25, 0.3) is 0 Å². The van der Waals surface area contributed by atoms with Crippen LogP contribution in [0.4, 0.5) is 10.5 Å². The van der Waals surface area contributed by atoms with E-state index in [-0.39, 0.29) is 18.5 Å². The molecule has 0 heterocycles. The first-order valence-electron chi connectivity index (χ1n) is 7.45. The van der Waals surface area contributed by atoms with Crippen LogP contribution in [0.1, 0.15) is 38.2 Å². The molecule has 114 valence electrons. The number of aliphatic carboxylic acids is 1. The van der Waals surface area contributed by atoms with Crippen molar-refractivity contribution in [2.75, 3.05) is 5.32 Å². The van der Waals surface area contributed by atoms with E-state index in [4.69, 9.17) is 5.11 Å². The van der Waals surface area contributed by atoms with E-state index in [1.165, 1.54) is 12.8 Å². The topological polar surface area (TPSA) is 78.4 Å². The zero-order chi connectivity index (χ0) is 15.2. The average Bonchev–Trinajstić information content (AvgIpc) is 3.23. The standard InChI is InChI=1S/C16H22N2O3/c1-2-13(9-11-7-8-11)17-16(21)18-14-6-4-3-5-12(14)10-15(19)20/h3-6,11,13H,2,7-10H2,1H3,(H,19,20)(H2,17,18,21). The fourth-order valence-corrected chi connectivity index (χ4v) is 2.39. The normalized spacial score (nSPS) is 15.3. The second-order valence-electron chi connectivity index (χ2n) is 5.61. The van der Waals surface area contributed by atoms with Gasteiger partial charge in [0, 0.05) is 11.7 Å². The summed E-state index contributed by atoms with van der Waals surface area (Å²) in [7, 11) is 0. The number of carboxylic acids is 1. The van der Waals surface area contributed by atoms with Crippen LogP contribution in [0.3, 0.4) is 0 Å². The molecule has 0 radical (unpaired) electrons. The molecule has 2 amide bonds. The number of carbonyl (C=O) groups is 2. The lowest BCUT2D eigenvalue weighted by atomic mass is 10.1. The number of para-hydroxylation sites is 1. The zero-order valence-electron chi connectivity index (χ0n) is 12.3. The van der Waals surface area contributed by atoms with Gasteiger partial charge in [0.15, 0.2) is 0 Å². The Bertz CT molecular complexity index is 512. The van der Waals surface area contributed by atoms with E-state index in [0.29, 0.717) is 11.3 Å². The molecule has 1 aromatic carbocycles. The second kappa shape index (κ2) is 7.11. The Morgan fingerprint density at radius 1 is 1.33 bits per heavy atom. The van der Waals surface area contributed by atoms with Crippen molar-refractivity contribution in [3.05, 3.63) is 29.8 Å². The molecule has 1 fully saturated rings. The lowest BCUT2D eigenvalue weighted by Gasteiger charge is -2.18. The number of anilines is 1. The van der Waals surface area contributed by atoms with Gasteiger partial charge >= 0.3 is 12.0 Å². The van der Waals surface area contributed by atoms with E-state index in [1.54, 1.807) is 24.3 Å². The highest BCUT2D eigenvalue weighted by atomic mass is 16.4. The van der Waals surface area contributed by atoms with E-state index < -0.39 is 5.97 Å². The minimum atomic E-state index is -0.912. The molecule has 2 rings (SSSR count). The van der Waals surface area contributed by atoms with Crippen molar-refractivity contribution in [2.45, 2.75) is 45.1 Å². The van der Waals surface area contributed by atoms with Crippen LogP contribution in [-0.4, -0.2) is 23.1 Å². The van der Waals surface area contributed by atoms with Crippen molar-refractivity contribution < 1.29 is 14.7 Å². The van der Waals surface area contributed by atoms with Crippen molar-refractivity contribution in [1.82, 2.24) is 5.32 Å². The third kappa shape index (κ3) is 5.10. The summed E-state index contributed by atoms with van der Waals surface area (Å²) in [6.45, 7) is 2.06. The molecule has 0 bridgehead atoms. The van der Waals surface area contributed by atoms with Crippen molar-refractivity contribution in [3.63, 3.8) is 0 Å². The van der Waals surface area contributed by atoms with E-state index >= 15 is 0 Å². The molecule has 0 aromatic heterocycles. The summed E-state index contributed by atoms with van der Waals surface area (Å²) in [6.07, 6.45) is 4.36. The minimum absolute atomic E-state index is 0.101. The van der Waals surface area contributed by atoms with Crippen molar-refractivity contribution in [3.8, 4) is 0 Å². The van der Waals surface area contributed by atoms with E-state index in [0.717, 1.165) is 18.8 Å². The largest absolute Gasteiger partial charge is 0.481 e. The van der Waals surface area contributed by atoms with E-state index in [2.05, 4.69) is 17.6 Å². The number of amides is 2. The Labute approximate surface area is 124 Å². The number of carboxylic acid groups (broad SMARTS) is 1. The molecule has 1 aliphatic rings. The summed E-state index contributed by atoms with van der Waals surface area (Å²) < 4.78 is 0. The van der Waals surface area contributed by atoms with E-state index in [9.17, 15) is 9.59 Å². The van der Waals surface area contributed by atoms with Crippen molar-refractivity contribution in [1.29, 1.82) is 0 Å². The number of hydrogen-bond donors (Lipinski definition) is 3. The molecule has 0 spiro atoms. The molecule has 0 saturated heterocycles. The quantitative estimate of drug-likeness (QED) is 0.722. The lowest BCUT2D eigenvalue weighted by Crippen LogP contribution is -2.38. The molecule has 3 N–H and O–H groups in total. The first-order valence-corrected chi connectivity index (χ1v) is 7.45. The maximum absolute atomic E-state index is 12.1. The smallest absolute Gasteiger partial charge is 0.319 e. The maximum atomic E-state index is 12.1. The second-order valence-corrected chi connectivity index (χ2v) is 5.61. The van der Waals surface area contributed by atoms with Gasteiger partial charge in [-0.2, -0.15) is 0 Å². The molecule has 5 heteroatoms. The lowest BCUT2D eigenvalue weighted by molar-refractivity contribution is -0.136. The Morgan fingerprint density at radius 3 is 2.67 bits per heavy atom. The Morgan fingerprint density at radius 2 is 2.05 bits per heavy atom. The van der Waals surface area contributed by atoms with Gasteiger partial charge in [-0.15, -0.1) is 0 Å². The number of carbonyl (C=O) groups excluding carboxylic acids is 1. The molecule has 21 heavy (non-hydrogen) atoms. The fourth-order valence-electron chi connectivity index (χ4n) is 2.39. The van der Waals surface area contributed by atoms with Gasteiger partial charge in [0.05, 0.1) is 6.42 Å². The highest BCUT2D eigenvalue weighted by Crippen LogP contribution is 2.34. The predicted molar refractivity (Wildman–Crippen MR) is 81.4 cm³/mol. The summed E-state index contributed by atoms with van der Waals surface area (Å²) in [5.74, 6) is -0.153. The number of hydrogen-bond acceptors (Lipinski definition) is 2. The molecule has 1 unspecified atom stereocenters. The van der Waals surface area contributed by atoms with Crippen LogP contribution < -0.4 is 10.6 Å². The summed E-state index contributed by atoms with van der Waals surface area (Å²) in [5.41, 5.74) is 1.16. The van der Waals surface area contributed by atoms with Gasteiger partial charge in [-0.1, -0.05) is 38.0 Å². The Hall–Kier alpha value is -2.04. The molecule has 5 nitrogen and oxygen atoms in total. The third-order valence-electron chi connectivity index (χ3n) is 3.75. The predicted octanol–water partition coefficient (Wildman–Crippen LogP) is 3.01. The van der Waals surface area contributed by atoms with Crippen LogP contribution in [0.15, 0.2) is 24.3 Å². The molecule has 0 aliphatic heterocycles. The average molecular weight is 290 g/mol. The zero-order valence-corrected chi connectivity index (χ0v) is 12.3. The van der Waals surface area contributed by atoms with Crippen LogP contribution in [-0.2, 0) is 11.2 Å². The summed E-state index contributed by atoms with van der Waals surface area (Å²) >= 11 is 0. The third-order valence-corrected chi connectivity index (χ3v) is 3.75. The van der Waals surface area contributed by atoms with Crippen LogP contribution in [0, 0.1) is 5.92 Å². The summed E-state index contributed by atoms with van der Waals surface area (Å²) in [4.78, 5) is 22.9. The molecule has 1 saturated carbocycles. The van der Waals surface area contributed by atoms with E-state index in [1.807, 2.05) is 0 Å². The SMILES string of the molecule is CCC(CC1CC1)NC(=O)Nc1ccccc1CC(=O)O. The summed E-state index contributed by atoms with van der Waals surface area (Å²) in [5, 5.41) is 14.6. The fraction of sp³-hybridized carbons (Fsp3) is 0.500. The first-order chi connectivity index (χ1) is 10.1. The first kappa shape index (κ1) is 15.4. The van der Waals surface area contributed by atoms with Gasteiger partial charge in [0.25, 0.3) is 0 Å². The van der Waals surface area contributed by atoms with Gasteiger partial charge in [0.1, 0.15) is 0 Å². The van der Waals surface area contributed by atoms with Gasteiger partial charge in [-0.05, 0) is 30.4 Å². The Balaban J connectivity index is 1.93. The molecule has 1 atom stereocenters. The van der Waals surface area contributed by atoms with Gasteiger partial charge in [-0.3, -0.25) is 4.79 Å². The van der Waals surface area contributed by atoms with Crippen LogP contribution >= 0.6 is 0 Å². The monoisotopic (exact) mass is 290 g/mol. The van der Waals surface area contributed by atoms with Gasteiger partial charge < -0.3 is 15.7 Å². The van der Waals surface area contributed by atoms with Crippen molar-refractivity contribution in [2.24, 2.45) is 5.92 Å². The Kier molecular flexibility index (Phi) is 5.20. The molecule has 1 aromatic rings. The highest BCUT2D eigenvalue weighted by molar-refractivity contribution is 5.91. The molecule has 1 aliphatic carbocycles. The van der Waals surface area contributed by atoms with Crippen LogP contribution in [0.5, 0.6) is 0 Å². The number of benzene rings is 1. The van der Waals surface area contributed by atoms with Gasteiger partial charge in [-0.25, -0.2) is 4.79 Å². The molecular formula is C16H22N2O3. The number of urea groups is 1. The summed E-state index contributed by atoms with van der Waals surface area (Å²) in [6, 6.07) is 6.90.